The first-order valence-electron chi connectivity index (χ1n) is 7.80. The lowest BCUT2D eigenvalue weighted by Crippen LogP contribution is -2.07. The van der Waals surface area contributed by atoms with Crippen molar-refractivity contribution in [3.05, 3.63) is 58.7 Å². The third kappa shape index (κ3) is 3.84. The Morgan fingerprint density at radius 3 is 2.43 bits per heavy atom. The molecule has 0 fully saturated rings. The number of hydrogen-bond donors (Lipinski definition) is 0. The summed E-state index contributed by atoms with van der Waals surface area (Å²) in [6.45, 7) is 6.69. The number of nitrogens with zero attached hydrogens (tertiary/aromatic N) is 1. The van der Waals surface area contributed by atoms with Gasteiger partial charge in [-0.1, -0.05) is 30.3 Å². The number of rotatable bonds is 6. The van der Waals surface area contributed by atoms with Gasteiger partial charge in [0.2, 0.25) is 0 Å². The second-order valence-corrected chi connectivity index (χ2v) is 5.71. The molecule has 2 aromatic carbocycles. The van der Waals surface area contributed by atoms with E-state index >= 15 is 0 Å². The highest BCUT2D eigenvalue weighted by atomic mass is 16.5. The predicted octanol–water partition coefficient (Wildman–Crippen LogP) is 4.70. The summed E-state index contributed by atoms with van der Waals surface area (Å²) < 4.78 is 11.3. The molecule has 3 nitrogen and oxygen atoms in total. The monoisotopic (exact) mass is 309 g/mol. The van der Waals surface area contributed by atoms with E-state index in [2.05, 4.69) is 32.0 Å². The van der Waals surface area contributed by atoms with Crippen molar-refractivity contribution in [2.24, 2.45) is 0 Å². The van der Waals surface area contributed by atoms with E-state index in [-0.39, 0.29) is 5.92 Å². The average molecular weight is 309 g/mol. The molecule has 0 amide bonds. The maximum atomic E-state index is 9.49. The number of nitriles is 1. The van der Waals surface area contributed by atoms with Gasteiger partial charge < -0.3 is 9.47 Å². The van der Waals surface area contributed by atoms with Crippen LogP contribution in [-0.2, 0) is 0 Å². The summed E-state index contributed by atoms with van der Waals surface area (Å²) in [6.07, 6.45) is 0.629. The summed E-state index contributed by atoms with van der Waals surface area (Å²) in [4.78, 5) is 0. The molecular formula is C20H23NO2. The van der Waals surface area contributed by atoms with Crippen molar-refractivity contribution in [3.8, 4) is 17.6 Å². The van der Waals surface area contributed by atoms with Gasteiger partial charge in [0.25, 0.3) is 0 Å². The van der Waals surface area contributed by atoms with Crippen LogP contribution in [0.4, 0.5) is 0 Å². The lowest BCUT2D eigenvalue weighted by Gasteiger charge is -2.16. The Balaban J connectivity index is 2.08. The molecule has 0 radical (unpaired) electrons. The van der Waals surface area contributed by atoms with Gasteiger partial charge in [-0.25, -0.2) is 0 Å². The number of methoxy groups -OCH3 is 1. The van der Waals surface area contributed by atoms with Gasteiger partial charge in [-0.2, -0.15) is 5.26 Å². The van der Waals surface area contributed by atoms with Crippen LogP contribution in [0.5, 0.6) is 11.5 Å². The van der Waals surface area contributed by atoms with E-state index in [0.717, 1.165) is 28.2 Å². The van der Waals surface area contributed by atoms with Crippen molar-refractivity contribution in [3.63, 3.8) is 0 Å². The van der Waals surface area contributed by atoms with E-state index in [1.54, 1.807) is 7.11 Å². The molecule has 0 aromatic heterocycles. The van der Waals surface area contributed by atoms with Crippen LogP contribution in [0.3, 0.4) is 0 Å². The van der Waals surface area contributed by atoms with E-state index in [4.69, 9.17) is 9.47 Å². The third-order valence-corrected chi connectivity index (χ3v) is 4.20. The summed E-state index contributed by atoms with van der Waals surface area (Å²) in [5.74, 6) is 1.44. The van der Waals surface area contributed by atoms with Crippen molar-refractivity contribution < 1.29 is 9.47 Å². The summed E-state index contributed by atoms with van der Waals surface area (Å²) in [5.41, 5.74) is 4.42. The summed E-state index contributed by atoms with van der Waals surface area (Å²) in [6, 6.07) is 14.2. The molecule has 23 heavy (non-hydrogen) atoms. The SMILES string of the molecule is COc1ccccc1C(C#N)CCOc1c(C)ccc(C)c1C. The third-order valence-electron chi connectivity index (χ3n) is 4.20. The van der Waals surface area contributed by atoms with Gasteiger partial charge in [0.1, 0.15) is 11.5 Å². The highest BCUT2D eigenvalue weighted by molar-refractivity contribution is 5.44. The van der Waals surface area contributed by atoms with E-state index in [0.29, 0.717) is 13.0 Å². The Labute approximate surface area is 138 Å². The molecule has 0 aliphatic rings. The average Bonchev–Trinajstić information content (AvgIpc) is 2.58. The molecule has 1 unspecified atom stereocenters. The molecule has 0 bridgehead atoms. The molecule has 0 N–H and O–H groups in total. The van der Waals surface area contributed by atoms with Crippen molar-refractivity contribution in [2.45, 2.75) is 33.1 Å². The van der Waals surface area contributed by atoms with Gasteiger partial charge >= 0.3 is 0 Å². The first-order valence-corrected chi connectivity index (χ1v) is 7.80. The predicted molar refractivity (Wildman–Crippen MR) is 92.1 cm³/mol. The number of benzene rings is 2. The molecule has 120 valence electrons. The van der Waals surface area contributed by atoms with Crippen LogP contribution in [0.25, 0.3) is 0 Å². The minimum absolute atomic E-state index is 0.239. The molecular weight excluding hydrogens is 286 g/mol. The fourth-order valence-corrected chi connectivity index (χ4v) is 2.67. The van der Waals surface area contributed by atoms with Gasteiger partial charge in [0.15, 0.2) is 0 Å². The van der Waals surface area contributed by atoms with Crippen molar-refractivity contribution in [1.29, 1.82) is 5.26 Å². The van der Waals surface area contributed by atoms with E-state index in [9.17, 15) is 5.26 Å². The Kier molecular flexibility index (Phi) is 5.65. The zero-order valence-electron chi connectivity index (χ0n) is 14.2. The first-order chi connectivity index (χ1) is 11.1. The Morgan fingerprint density at radius 2 is 1.74 bits per heavy atom. The molecule has 0 aliphatic carbocycles. The van der Waals surface area contributed by atoms with Crippen LogP contribution < -0.4 is 9.47 Å². The maximum absolute atomic E-state index is 9.49. The van der Waals surface area contributed by atoms with Crippen molar-refractivity contribution in [2.75, 3.05) is 13.7 Å². The second-order valence-electron chi connectivity index (χ2n) is 5.71. The first kappa shape index (κ1) is 16.9. The maximum Gasteiger partial charge on any atom is 0.125 e. The normalized spacial score (nSPS) is 11.6. The largest absolute Gasteiger partial charge is 0.496 e. The minimum atomic E-state index is -0.239. The van der Waals surface area contributed by atoms with Gasteiger partial charge in [-0.05, 0) is 43.5 Å². The Morgan fingerprint density at radius 1 is 1.04 bits per heavy atom. The van der Waals surface area contributed by atoms with Crippen molar-refractivity contribution in [1.82, 2.24) is 0 Å². The van der Waals surface area contributed by atoms with Crippen LogP contribution in [0, 0.1) is 32.1 Å². The number of para-hydroxylation sites is 1. The fraction of sp³-hybridized carbons (Fsp3) is 0.350. The van der Waals surface area contributed by atoms with Crippen LogP contribution >= 0.6 is 0 Å². The smallest absolute Gasteiger partial charge is 0.125 e. The highest BCUT2D eigenvalue weighted by Gasteiger charge is 2.16. The lowest BCUT2D eigenvalue weighted by molar-refractivity contribution is 0.300. The van der Waals surface area contributed by atoms with Crippen LogP contribution in [0.2, 0.25) is 0 Å². The quantitative estimate of drug-likeness (QED) is 0.777. The van der Waals surface area contributed by atoms with E-state index in [1.807, 2.05) is 31.2 Å². The number of ether oxygens (including phenoxy) is 2. The zero-order valence-corrected chi connectivity index (χ0v) is 14.2. The van der Waals surface area contributed by atoms with Gasteiger partial charge in [0.05, 0.1) is 25.7 Å². The topological polar surface area (TPSA) is 42.2 Å². The number of hydrogen-bond acceptors (Lipinski definition) is 3. The van der Waals surface area contributed by atoms with Gasteiger partial charge in [-0.3, -0.25) is 0 Å². The standard InChI is InChI=1S/C20H23NO2/c1-14-9-10-15(2)20(16(14)3)23-12-11-17(13-21)18-7-5-6-8-19(18)22-4/h5-10,17H,11-12H2,1-4H3. The highest BCUT2D eigenvalue weighted by Crippen LogP contribution is 2.30. The molecule has 1 atom stereocenters. The van der Waals surface area contributed by atoms with E-state index in [1.165, 1.54) is 5.56 Å². The molecule has 0 saturated carbocycles. The molecule has 2 aromatic rings. The molecule has 0 heterocycles. The molecule has 0 spiro atoms. The minimum Gasteiger partial charge on any atom is -0.496 e. The summed E-state index contributed by atoms with van der Waals surface area (Å²) in [7, 11) is 1.63. The van der Waals surface area contributed by atoms with Crippen LogP contribution in [0.15, 0.2) is 36.4 Å². The zero-order chi connectivity index (χ0) is 16.8. The molecule has 3 heteroatoms. The van der Waals surface area contributed by atoms with Gasteiger partial charge in [0, 0.05) is 12.0 Å². The van der Waals surface area contributed by atoms with Gasteiger partial charge in [-0.15, -0.1) is 0 Å². The van der Waals surface area contributed by atoms with Crippen LogP contribution in [-0.4, -0.2) is 13.7 Å². The number of aryl methyl sites for hydroxylation is 2. The Bertz CT molecular complexity index is 716. The fourth-order valence-electron chi connectivity index (χ4n) is 2.67. The summed E-state index contributed by atoms with van der Waals surface area (Å²) >= 11 is 0. The molecule has 2 rings (SSSR count). The second kappa shape index (κ2) is 7.69. The van der Waals surface area contributed by atoms with E-state index < -0.39 is 0 Å². The lowest BCUT2D eigenvalue weighted by atomic mass is 9.96. The molecule has 0 saturated heterocycles. The van der Waals surface area contributed by atoms with Crippen LogP contribution in [0.1, 0.15) is 34.6 Å². The summed E-state index contributed by atoms with van der Waals surface area (Å²) in [5, 5.41) is 9.49. The Hall–Kier alpha value is -2.47. The molecule has 0 aliphatic heterocycles. The van der Waals surface area contributed by atoms with Crippen molar-refractivity contribution >= 4 is 0 Å².